The number of rotatable bonds is 0. The van der Waals surface area contributed by atoms with Crippen LogP contribution in [0.5, 0.6) is 0 Å². The van der Waals surface area contributed by atoms with Gasteiger partial charge in [-0.3, -0.25) is 0 Å². The zero-order valence-electron chi connectivity index (χ0n) is 5.93. The van der Waals surface area contributed by atoms with Crippen LogP contribution in [-0.4, -0.2) is 37.6 Å². The Labute approximate surface area is 56.2 Å². The monoisotopic (exact) mass is 126 g/mol. The van der Waals surface area contributed by atoms with Gasteiger partial charge in [-0.05, 0) is 32.5 Å². The number of hydrogen-bond acceptors (Lipinski definition) is 2. The van der Waals surface area contributed by atoms with Gasteiger partial charge in [0.2, 0.25) is 0 Å². The minimum Gasteiger partial charge on any atom is -0.315 e. The van der Waals surface area contributed by atoms with Crippen molar-refractivity contribution in [2.24, 2.45) is 5.92 Å². The molecule has 1 N–H and O–H groups in total. The molecule has 2 fully saturated rings. The highest BCUT2D eigenvalue weighted by Gasteiger charge is 2.34. The molecule has 52 valence electrons. The predicted octanol–water partition coefficient (Wildman–Crippen LogP) is -0.0901. The van der Waals surface area contributed by atoms with E-state index in [9.17, 15) is 0 Å². The molecule has 2 atom stereocenters. The van der Waals surface area contributed by atoms with Gasteiger partial charge in [0, 0.05) is 12.6 Å². The standard InChI is InChI=1S/C7H14N2/c1-9-3-2-6-4-8-5-7(6)9/h6-8H,2-5H2,1H3. The molecule has 2 aliphatic heterocycles. The van der Waals surface area contributed by atoms with E-state index < -0.39 is 0 Å². The first-order valence-corrected chi connectivity index (χ1v) is 3.79. The molecular weight excluding hydrogens is 112 g/mol. The Hall–Kier alpha value is -0.0800. The summed E-state index contributed by atoms with van der Waals surface area (Å²) >= 11 is 0. The van der Waals surface area contributed by atoms with E-state index in [-0.39, 0.29) is 0 Å². The van der Waals surface area contributed by atoms with Crippen LogP contribution in [0.3, 0.4) is 0 Å². The Morgan fingerprint density at radius 3 is 3.11 bits per heavy atom. The fraction of sp³-hybridized carbons (Fsp3) is 1.00. The third kappa shape index (κ3) is 0.775. The van der Waals surface area contributed by atoms with Crippen molar-refractivity contribution in [3.63, 3.8) is 0 Å². The highest BCUT2D eigenvalue weighted by atomic mass is 15.2. The molecule has 0 spiro atoms. The summed E-state index contributed by atoms with van der Waals surface area (Å²) in [4.78, 5) is 2.48. The van der Waals surface area contributed by atoms with E-state index >= 15 is 0 Å². The molecule has 0 saturated carbocycles. The Morgan fingerprint density at radius 1 is 1.44 bits per heavy atom. The zero-order chi connectivity index (χ0) is 6.27. The molecule has 0 radical (unpaired) electrons. The van der Waals surface area contributed by atoms with Gasteiger partial charge in [0.1, 0.15) is 0 Å². The second kappa shape index (κ2) is 1.96. The lowest BCUT2D eigenvalue weighted by molar-refractivity contribution is 0.308. The van der Waals surface area contributed by atoms with Gasteiger partial charge in [-0.15, -0.1) is 0 Å². The SMILES string of the molecule is CN1CCC2CNCC21. The van der Waals surface area contributed by atoms with Gasteiger partial charge >= 0.3 is 0 Å². The van der Waals surface area contributed by atoms with Gasteiger partial charge in [-0.25, -0.2) is 0 Å². The normalized spacial score (nSPS) is 43.7. The van der Waals surface area contributed by atoms with Crippen LogP contribution in [0.15, 0.2) is 0 Å². The molecule has 9 heavy (non-hydrogen) atoms. The molecule has 0 aliphatic carbocycles. The van der Waals surface area contributed by atoms with Gasteiger partial charge < -0.3 is 10.2 Å². The first kappa shape index (κ1) is 5.69. The van der Waals surface area contributed by atoms with Crippen molar-refractivity contribution in [1.29, 1.82) is 0 Å². The van der Waals surface area contributed by atoms with Gasteiger partial charge in [0.25, 0.3) is 0 Å². The van der Waals surface area contributed by atoms with E-state index in [4.69, 9.17) is 0 Å². The number of hydrogen-bond donors (Lipinski definition) is 1. The van der Waals surface area contributed by atoms with Crippen molar-refractivity contribution in [3.8, 4) is 0 Å². The summed E-state index contributed by atoms with van der Waals surface area (Å²) in [5.74, 6) is 0.968. The number of likely N-dealkylation sites (tertiary alicyclic amines) is 1. The fourth-order valence-electron chi connectivity index (χ4n) is 2.06. The van der Waals surface area contributed by atoms with E-state index in [1.54, 1.807) is 0 Å². The number of nitrogens with one attached hydrogen (secondary N) is 1. The largest absolute Gasteiger partial charge is 0.315 e. The first-order chi connectivity index (χ1) is 4.38. The topological polar surface area (TPSA) is 15.3 Å². The molecule has 0 bridgehead atoms. The molecule has 0 aromatic rings. The maximum absolute atomic E-state index is 3.41. The first-order valence-electron chi connectivity index (χ1n) is 3.79. The van der Waals surface area contributed by atoms with Gasteiger partial charge in [0.05, 0.1) is 0 Å². The van der Waals surface area contributed by atoms with E-state index in [1.165, 1.54) is 26.1 Å². The van der Waals surface area contributed by atoms with Gasteiger partial charge in [-0.1, -0.05) is 0 Å². The quantitative estimate of drug-likeness (QED) is 0.488. The van der Waals surface area contributed by atoms with Crippen LogP contribution in [0.25, 0.3) is 0 Å². The van der Waals surface area contributed by atoms with Crippen molar-refractivity contribution in [2.75, 3.05) is 26.7 Å². The van der Waals surface area contributed by atoms with Crippen molar-refractivity contribution >= 4 is 0 Å². The van der Waals surface area contributed by atoms with Crippen LogP contribution < -0.4 is 5.32 Å². The molecule has 2 aliphatic rings. The smallest absolute Gasteiger partial charge is 0.0258 e. The van der Waals surface area contributed by atoms with E-state index in [0.717, 1.165) is 12.0 Å². The second-order valence-electron chi connectivity index (χ2n) is 3.25. The predicted molar refractivity (Wildman–Crippen MR) is 37.4 cm³/mol. The van der Waals surface area contributed by atoms with Crippen LogP contribution in [-0.2, 0) is 0 Å². The highest BCUT2D eigenvalue weighted by molar-refractivity contribution is 4.92. The van der Waals surface area contributed by atoms with E-state index in [2.05, 4.69) is 17.3 Å². The molecule has 0 amide bonds. The fourth-order valence-corrected chi connectivity index (χ4v) is 2.06. The minimum atomic E-state index is 0.866. The number of fused-ring (bicyclic) bond motifs is 1. The van der Waals surface area contributed by atoms with Crippen molar-refractivity contribution in [1.82, 2.24) is 10.2 Å². The van der Waals surface area contributed by atoms with Crippen molar-refractivity contribution < 1.29 is 0 Å². The van der Waals surface area contributed by atoms with Crippen LogP contribution in [0, 0.1) is 5.92 Å². The second-order valence-corrected chi connectivity index (χ2v) is 3.25. The maximum atomic E-state index is 3.41. The van der Waals surface area contributed by atoms with Crippen LogP contribution in [0.2, 0.25) is 0 Å². The summed E-state index contributed by atoms with van der Waals surface area (Å²) in [6, 6.07) is 0.866. The van der Waals surface area contributed by atoms with Crippen molar-refractivity contribution in [3.05, 3.63) is 0 Å². The molecule has 0 aromatic heterocycles. The summed E-state index contributed by atoms with van der Waals surface area (Å²) in [5.41, 5.74) is 0. The molecule has 0 aromatic carbocycles. The van der Waals surface area contributed by atoms with Gasteiger partial charge in [0.15, 0.2) is 0 Å². The lowest BCUT2D eigenvalue weighted by Gasteiger charge is -2.16. The third-order valence-electron chi connectivity index (χ3n) is 2.72. The van der Waals surface area contributed by atoms with Crippen LogP contribution >= 0.6 is 0 Å². The van der Waals surface area contributed by atoms with Crippen LogP contribution in [0.4, 0.5) is 0 Å². The Morgan fingerprint density at radius 2 is 2.33 bits per heavy atom. The molecule has 2 rings (SSSR count). The maximum Gasteiger partial charge on any atom is 0.0258 e. The number of likely N-dealkylation sites (N-methyl/N-ethyl adjacent to an activating group) is 1. The van der Waals surface area contributed by atoms with Crippen molar-refractivity contribution in [2.45, 2.75) is 12.5 Å². The Kier molecular flexibility index (Phi) is 1.24. The summed E-state index contributed by atoms with van der Waals surface area (Å²) < 4.78 is 0. The summed E-state index contributed by atoms with van der Waals surface area (Å²) in [7, 11) is 2.23. The van der Waals surface area contributed by atoms with E-state index in [0.29, 0.717) is 0 Å². The molecule has 2 nitrogen and oxygen atoms in total. The van der Waals surface area contributed by atoms with Crippen LogP contribution in [0.1, 0.15) is 6.42 Å². The number of nitrogens with zero attached hydrogens (tertiary/aromatic N) is 1. The molecule has 2 heteroatoms. The van der Waals surface area contributed by atoms with E-state index in [1.807, 2.05) is 0 Å². The summed E-state index contributed by atoms with van der Waals surface area (Å²) in [5, 5.41) is 3.41. The lowest BCUT2D eigenvalue weighted by atomic mass is 10.1. The highest BCUT2D eigenvalue weighted by Crippen LogP contribution is 2.24. The average Bonchev–Trinajstić information content (AvgIpc) is 2.35. The Bertz CT molecular complexity index is 113. The average molecular weight is 126 g/mol. The van der Waals surface area contributed by atoms with Gasteiger partial charge in [-0.2, -0.15) is 0 Å². The Balaban J connectivity index is 2.07. The molecule has 2 saturated heterocycles. The summed E-state index contributed by atoms with van der Waals surface area (Å²) in [6.45, 7) is 3.80. The molecule has 2 unspecified atom stereocenters. The summed E-state index contributed by atoms with van der Waals surface area (Å²) in [6.07, 6.45) is 1.41. The zero-order valence-corrected chi connectivity index (χ0v) is 5.93. The molecule has 2 heterocycles. The minimum absolute atomic E-state index is 0.866. The molecular formula is C7H14N2. The lowest BCUT2D eigenvalue weighted by Crippen LogP contribution is -2.30. The third-order valence-corrected chi connectivity index (χ3v) is 2.72.